The molecule has 4 aromatic rings. The van der Waals surface area contributed by atoms with Crippen LogP contribution in [0.2, 0.25) is 0 Å². The molecule has 0 fully saturated rings. The minimum Gasteiger partial charge on any atom is -0.507 e. The summed E-state index contributed by atoms with van der Waals surface area (Å²) in [5.41, 5.74) is 3.26. The van der Waals surface area contributed by atoms with E-state index in [1.807, 2.05) is 41.9 Å². The second-order valence-electron chi connectivity index (χ2n) is 7.15. The summed E-state index contributed by atoms with van der Waals surface area (Å²) in [4.78, 5) is 13.0. The maximum absolute atomic E-state index is 13.0. The Morgan fingerprint density at radius 2 is 1.73 bits per heavy atom. The number of para-hydroxylation sites is 3. The predicted octanol–water partition coefficient (Wildman–Crippen LogP) is 4.30. The molecule has 0 saturated carbocycles. The van der Waals surface area contributed by atoms with E-state index < -0.39 is 12.0 Å². The van der Waals surface area contributed by atoms with Crippen LogP contribution in [0.25, 0.3) is 21.8 Å². The van der Waals surface area contributed by atoms with Crippen molar-refractivity contribution in [3.8, 4) is 5.75 Å². The fourth-order valence-corrected chi connectivity index (χ4v) is 3.70. The number of amides is 1. The number of carbonyl (C=O) groups excluding carboxylic acids is 1. The van der Waals surface area contributed by atoms with E-state index >= 15 is 0 Å². The van der Waals surface area contributed by atoms with Gasteiger partial charge in [-0.1, -0.05) is 30.3 Å². The molecule has 30 heavy (non-hydrogen) atoms. The Labute approximate surface area is 178 Å². The summed E-state index contributed by atoms with van der Waals surface area (Å²) in [6.07, 6.45) is -0.701. The first-order chi connectivity index (χ1) is 14.5. The number of aliphatic hydroxyl groups excluding tert-OH is 1. The first kappa shape index (κ1) is 20.1. The number of nitrogens with zero attached hydrogens (tertiary/aromatic N) is 1. The Hall–Kier alpha value is -3.22. The van der Waals surface area contributed by atoms with Gasteiger partial charge in [-0.25, -0.2) is 0 Å². The smallest absolute Gasteiger partial charge is 0.259 e. The molecule has 1 atom stereocenters. The van der Waals surface area contributed by atoms with Gasteiger partial charge in [0.1, 0.15) is 5.75 Å². The van der Waals surface area contributed by atoms with Crippen LogP contribution in [0.15, 0.2) is 60.7 Å². The van der Waals surface area contributed by atoms with Gasteiger partial charge in [-0.3, -0.25) is 4.79 Å². The van der Waals surface area contributed by atoms with Gasteiger partial charge in [0.05, 0.1) is 34.4 Å². The van der Waals surface area contributed by atoms with Crippen molar-refractivity contribution in [2.75, 3.05) is 23.1 Å². The maximum Gasteiger partial charge on any atom is 0.259 e. The van der Waals surface area contributed by atoms with E-state index in [4.69, 9.17) is 11.6 Å². The third kappa shape index (κ3) is 3.67. The first-order valence-electron chi connectivity index (χ1n) is 9.58. The number of halogens is 1. The lowest BCUT2D eigenvalue weighted by Crippen LogP contribution is -2.22. The van der Waals surface area contributed by atoms with Crippen molar-refractivity contribution >= 4 is 50.7 Å². The average molecular weight is 424 g/mol. The van der Waals surface area contributed by atoms with Crippen LogP contribution in [0.1, 0.15) is 10.4 Å². The Morgan fingerprint density at radius 1 is 1.03 bits per heavy atom. The van der Waals surface area contributed by atoms with Gasteiger partial charge in [-0.15, -0.1) is 11.6 Å². The van der Waals surface area contributed by atoms with Crippen LogP contribution >= 0.6 is 11.6 Å². The van der Waals surface area contributed by atoms with Crippen molar-refractivity contribution in [3.05, 3.63) is 66.2 Å². The van der Waals surface area contributed by atoms with Crippen LogP contribution in [0.3, 0.4) is 0 Å². The van der Waals surface area contributed by atoms with Crippen LogP contribution in [-0.2, 0) is 7.05 Å². The highest BCUT2D eigenvalue weighted by Crippen LogP contribution is 2.33. The lowest BCUT2D eigenvalue weighted by molar-refractivity contribution is 0.102. The quantitative estimate of drug-likeness (QED) is 0.348. The van der Waals surface area contributed by atoms with Gasteiger partial charge in [0.15, 0.2) is 0 Å². The van der Waals surface area contributed by atoms with Crippen LogP contribution in [-0.4, -0.2) is 39.2 Å². The first-order valence-corrected chi connectivity index (χ1v) is 10.1. The fourth-order valence-electron chi connectivity index (χ4n) is 3.59. The maximum atomic E-state index is 13.0. The summed E-state index contributed by atoms with van der Waals surface area (Å²) in [7, 11) is 1.93. The molecular formula is C23H22ClN3O3. The number of aromatic nitrogens is 1. The molecule has 7 heteroatoms. The Bertz CT molecular complexity index is 1240. The number of carbonyl (C=O) groups is 1. The van der Waals surface area contributed by atoms with E-state index in [0.29, 0.717) is 11.4 Å². The third-order valence-corrected chi connectivity index (χ3v) is 5.51. The van der Waals surface area contributed by atoms with E-state index in [0.717, 1.165) is 21.8 Å². The lowest BCUT2D eigenvalue weighted by atomic mass is 10.1. The number of aryl methyl sites for hydroxylation is 1. The van der Waals surface area contributed by atoms with E-state index in [-0.39, 0.29) is 23.7 Å². The number of aliphatic hydroxyl groups is 1. The van der Waals surface area contributed by atoms with E-state index in [9.17, 15) is 15.0 Å². The largest absolute Gasteiger partial charge is 0.507 e. The number of phenolic OH excluding ortho intramolecular Hbond substituents is 1. The molecule has 0 spiro atoms. The van der Waals surface area contributed by atoms with Crippen LogP contribution in [0.5, 0.6) is 5.75 Å². The molecule has 0 radical (unpaired) electrons. The van der Waals surface area contributed by atoms with Gasteiger partial charge < -0.3 is 25.4 Å². The molecule has 4 N–H and O–H groups in total. The van der Waals surface area contributed by atoms with Crippen LogP contribution in [0, 0.1) is 0 Å². The number of rotatable bonds is 6. The topological polar surface area (TPSA) is 86.5 Å². The van der Waals surface area contributed by atoms with E-state index in [1.54, 1.807) is 30.3 Å². The number of hydrogen-bond acceptors (Lipinski definition) is 4. The Balaban J connectivity index is 1.68. The van der Waals surface area contributed by atoms with Crippen molar-refractivity contribution < 1.29 is 15.0 Å². The van der Waals surface area contributed by atoms with Crippen molar-refractivity contribution in [2.45, 2.75) is 6.10 Å². The standard InChI is InChI=1S/C23H22ClN3O3/c1-27-20-9-5-2-6-15(20)16-10-17(22(29)11-21(16)27)23(30)26-19-8-4-3-7-18(19)25-13-14(28)12-24/h2-11,14,25,28-29H,12-13H2,1H3,(H,26,30). The van der Waals surface area contributed by atoms with Crippen LogP contribution < -0.4 is 10.6 Å². The molecule has 154 valence electrons. The number of alkyl halides is 1. The second kappa shape index (κ2) is 8.26. The number of nitrogens with one attached hydrogen (secondary N) is 2. The highest BCUT2D eigenvalue weighted by atomic mass is 35.5. The van der Waals surface area contributed by atoms with Crippen molar-refractivity contribution in [1.29, 1.82) is 0 Å². The summed E-state index contributed by atoms with van der Waals surface area (Å²) >= 11 is 5.64. The number of aromatic hydroxyl groups is 1. The Morgan fingerprint density at radius 3 is 2.50 bits per heavy atom. The molecule has 0 saturated heterocycles. The van der Waals surface area contributed by atoms with Crippen molar-refractivity contribution in [3.63, 3.8) is 0 Å². The lowest BCUT2D eigenvalue weighted by Gasteiger charge is -2.15. The van der Waals surface area contributed by atoms with E-state index in [1.165, 1.54) is 0 Å². The zero-order chi connectivity index (χ0) is 21.3. The normalized spacial score (nSPS) is 12.2. The number of hydrogen-bond donors (Lipinski definition) is 4. The molecule has 0 bridgehead atoms. The number of fused-ring (bicyclic) bond motifs is 3. The van der Waals surface area contributed by atoms with Crippen molar-refractivity contribution in [2.24, 2.45) is 7.05 Å². The fraction of sp³-hybridized carbons (Fsp3) is 0.174. The zero-order valence-electron chi connectivity index (χ0n) is 16.4. The van der Waals surface area contributed by atoms with Gasteiger partial charge >= 0.3 is 0 Å². The molecule has 1 heterocycles. The molecule has 4 rings (SSSR count). The minimum absolute atomic E-state index is 0.0890. The third-order valence-electron chi connectivity index (χ3n) is 5.16. The molecule has 6 nitrogen and oxygen atoms in total. The van der Waals surface area contributed by atoms with Crippen molar-refractivity contribution in [1.82, 2.24) is 4.57 Å². The highest BCUT2D eigenvalue weighted by molar-refractivity contribution is 6.18. The summed E-state index contributed by atoms with van der Waals surface area (Å²) < 4.78 is 1.99. The summed E-state index contributed by atoms with van der Waals surface area (Å²) in [5, 5.41) is 28.1. The molecule has 3 aromatic carbocycles. The number of benzene rings is 3. The monoisotopic (exact) mass is 423 g/mol. The second-order valence-corrected chi connectivity index (χ2v) is 7.46. The molecule has 1 amide bonds. The summed E-state index contributed by atoms with van der Waals surface area (Å²) in [6, 6.07) is 18.4. The SMILES string of the molecule is Cn1c2ccccc2c2cc(C(=O)Nc3ccccc3NCC(O)CCl)c(O)cc21. The Kier molecular flexibility index (Phi) is 5.53. The highest BCUT2D eigenvalue weighted by Gasteiger charge is 2.17. The molecule has 0 aliphatic carbocycles. The van der Waals surface area contributed by atoms with E-state index in [2.05, 4.69) is 10.6 Å². The zero-order valence-corrected chi connectivity index (χ0v) is 17.1. The number of phenols is 1. The summed E-state index contributed by atoms with van der Waals surface area (Å²) in [5.74, 6) is -0.399. The van der Waals surface area contributed by atoms with Gasteiger partial charge in [0.25, 0.3) is 5.91 Å². The molecular weight excluding hydrogens is 402 g/mol. The van der Waals surface area contributed by atoms with Gasteiger partial charge in [0.2, 0.25) is 0 Å². The predicted molar refractivity (Wildman–Crippen MR) is 122 cm³/mol. The average Bonchev–Trinajstić information content (AvgIpc) is 3.03. The molecule has 0 aliphatic rings. The molecule has 1 unspecified atom stereocenters. The van der Waals surface area contributed by atoms with Crippen LogP contribution in [0.4, 0.5) is 11.4 Å². The van der Waals surface area contributed by atoms with Gasteiger partial charge in [0, 0.05) is 35.9 Å². The summed E-state index contributed by atoms with van der Waals surface area (Å²) in [6.45, 7) is 0.254. The number of anilines is 2. The minimum atomic E-state index is -0.701. The molecule has 1 aromatic heterocycles. The van der Waals surface area contributed by atoms with Gasteiger partial charge in [-0.05, 0) is 24.3 Å². The molecule has 0 aliphatic heterocycles. The van der Waals surface area contributed by atoms with Gasteiger partial charge in [-0.2, -0.15) is 0 Å².